The van der Waals surface area contributed by atoms with Gasteiger partial charge in [-0.25, -0.2) is 0 Å². The Morgan fingerprint density at radius 3 is 1.54 bits per heavy atom. The molecule has 2 heterocycles. The number of halogens is 3. The summed E-state index contributed by atoms with van der Waals surface area (Å²) in [4.78, 5) is 56.9. The van der Waals surface area contributed by atoms with Crippen molar-refractivity contribution in [2.24, 2.45) is 0 Å². The highest BCUT2D eigenvalue weighted by molar-refractivity contribution is 7.10. The molecule has 2 atom stereocenters. The van der Waals surface area contributed by atoms with Crippen LogP contribution in [0.2, 0.25) is 0 Å². The van der Waals surface area contributed by atoms with Crippen molar-refractivity contribution in [2.75, 3.05) is 28.2 Å². The fourth-order valence-corrected chi connectivity index (χ4v) is 12.4. The number of carbonyl (C=O) groups excluding carboxylic acids is 4. The Bertz CT molecular complexity index is 2210. The molecule has 16 heteroatoms. The summed E-state index contributed by atoms with van der Waals surface area (Å²) in [5.41, 5.74) is 1.13. The van der Waals surface area contributed by atoms with Gasteiger partial charge < -0.3 is 26.0 Å². The van der Waals surface area contributed by atoms with Gasteiger partial charge in [0.05, 0.1) is 35.4 Å². The van der Waals surface area contributed by atoms with E-state index in [1.165, 1.54) is 21.9 Å². The standard InChI is InChI=1S/C29H41N3O3S.C25H32F3N3O2S/c1-32(2)29(26-13-8-20-36-26)18-16-23(17-19-29)30-27(33)14-7-15-28(34)31-24-11-6-12-25(24)35-21-22-9-4-3-5-10-22;1-31(2)24(21-5-4-16-34-21)14-12-20(13-15-24)30-23(33)7-3-6-22(32)29-17-18-8-10-19(11-9-18)25(26,27)28/h3-5,8-10,13,20,23-25H,6-7,11-12,14-19,21H2,1-2H3,(H,30,33)(H,31,34);4-5,8-11,16,20H,3,6-7,12-15,17H2,1-2H3,(H,29,32)(H,30,33). The van der Waals surface area contributed by atoms with Gasteiger partial charge in [0.25, 0.3) is 0 Å². The second kappa shape index (κ2) is 26.2. The van der Waals surface area contributed by atoms with E-state index in [1.54, 1.807) is 11.3 Å². The molecule has 4 aromatic rings. The lowest BCUT2D eigenvalue weighted by atomic mass is 9.77. The summed E-state index contributed by atoms with van der Waals surface area (Å²) >= 11 is 3.60. The van der Waals surface area contributed by atoms with Crippen LogP contribution >= 0.6 is 22.7 Å². The van der Waals surface area contributed by atoms with Gasteiger partial charge in [0.2, 0.25) is 23.6 Å². The molecule has 2 unspecified atom stereocenters. The number of hydrogen-bond acceptors (Lipinski definition) is 9. The number of carbonyl (C=O) groups is 4. The number of amides is 4. The number of benzene rings is 2. The van der Waals surface area contributed by atoms with Crippen LogP contribution in [-0.4, -0.2) is 85.8 Å². The minimum Gasteiger partial charge on any atom is -0.371 e. The van der Waals surface area contributed by atoms with E-state index >= 15 is 0 Å². The van der Waals surface area contributed by atoms with E-state index in [0.717, 1.165) is 88.3 Å². The third kappa shape index (κ3) is 15.7. The van der Waals surface area contributed by atoms with Gasteiger partial charge in [0.1, 0.15) is 0 Å². The van der Waals surface area contributed by atoms with Gasteiger partial charge in [-0.05, 0) is 158 Å². The molecule has 4 N–H and O–H groups in total. The molecule has 11 nitrogen and oxygen atoms in total. The maximum Gasteiger partial charge on any atom is 0.416 e. The Balaban J connectivity index is 0.000000230. The zero-order chi connectivity index (χ0) is 50.2. The van der Waals surface area contributed by atoms with Gasteiger partial charge in [-0.1, -0.05) is 54.6 Å². The first-order valence-electron chi connectivity index (χ1n) is 25.0. The lowest BCUT2D eigenvalue weighted by Crippen LogP contribution is -2.48. The minimum atomic E-state index is -4.38. The molecule has 2 aromatic heterocycles. The summed E-state index contributed by atoms with van der Waals surface area (Å²) in [6, 6.07) is 23.9. The quantitative estimate of drug-likeness (QED) is 0.0694. The fourth-order valence-electron chi connectivity index (χ4n) is 10.3. The van der Waals surface area contributed by atoms with E-state index in [9.17, 15) is 32.3 Å². The summed E-state index contributed by atoms with van der Waals surface area (Å²) in [5, 5.41) is 16.4. The zero-order valence-corrected chi connectivity index (χ0v) is 42.9. The summed E-state index contributed by atoms with van der Waals surface area (Å²) in [6.07, 6.45) is 8.76. The summed E-state index contributed by atoms with van der Waals surface area (Å²) in [7, 11) is 8.54. The van der Waals surface area contributed by atoms with Gasteiger partial charge in [0, 0.05) is 54.1 Å². The molecule has 3 fully saturated rings. The molecule has 0 bridgehead atoms. The van der Waals surface area contributed by atoms with Gasteiger partial charge in [-0.2, -0.15) is 13.2 Å². The van der Waals surface area contributed by atoms with Gasteiger partial charge in [-0.15, -0.1) is 22.7 Å². The molecule has 3 aliphatic carbocycles. The van der Waals surface area contributed by atoms with E-state index in [4.69, 9.17) is 4.74 Å². The highest BCUT2D eigenvalue weighted by Gasteiger charge is 2.41. The van der Waals surface area contributed by atoms with Crippen LogP contribution in [0, 0.1) is 0 Å². The lowest BCUT2D eigenvalue weighted by molar-refractivity contribution is -0.137. The summed E-state index contributed by atoms with van der Waals surface area (Å²) in [5.74, 6) is -0.190. The average Bonchev–Trinajstić information content (AvgIpc) is 4.17. The Labute approximate surface area is 420 Å². The number of ether oxygens (including phenoxy) is 1. The molecule has 382 valence electrons. The molecule has 3 aliphatic rings. The van der Waals surface area contributed by atoms with Crippen molar-refractivity contribution in [1.82, 2.24) is 31.1 Å². The highest BCUT2D eigenvalue weighted by atomic mass is 32.1. The SMILES string of the molecule is CN(C)C1(c2cccs2)CCC(NC(=O)CCCC(=O)NC2CCCC2OCc2ccccc2)CC1.CN(C)C1(c2cccs2)CCC(NC(=O)CCCC(=O)NCc2ccc(C(F)(F)F)cc2)CC1. The van der Waals surface area contributed by atoms with Crippen molar-refractivity contribution in [3.05, 3.63) is 116 Å². The Kier molecular flexibility index (Phi) is 20.5. The molecule has 4 amide bonds. The molecule has 7 rings (SSSR count). The van der Waals surface area contributed by atoms with Crippen LogP contribution in [0.15, 0.2) is 89.6 Å². The van der Waals surface area contributed by atoms with E-state index in [1.807, 2.05) is 29.5 Å². The lowest BCUT2D eigenvalue weighted by Gasteiger charge is -2.44. The smallest absolute Gasteiger partial charge is 0.371 e. The van der Waals surface area contributed by atoms with E-state index in [-0.39, 0.29) is 78.3 Å². The number of alkyl halides is 3. The number of thiophene rings is 2. The predicted molar refractivity (Wildman–Crippen MR) is 272 cm³/mol. The van der Waals surface area contributed by atoms with Crippen molar-refractivity contribution in [3.63, 3.8) is 0 Å². The molecule has 0 aliphatic heterocycles. The predicted octanol–water partition coefficient (Wildman–Crippen LogP) is 10.1. The monoisotopic (exact) mass is 1010 g/mol. The van der Waals surface area contributed by atoms with Crippen molar-refractivity contribution >= 4 is 46.3 Å². The summed E-state index contributed by atoms with van der Waals surface area (Å²) in [6.45, 7) is 0.727. The normalized spacial score (nSPS) is 23.6. The molecular weight excluding hydrogens is 934 g/mol. The van der Waals surface area contributed by atoms with Crippen LogP contribution < -0.4 is 21.3 Å². The Hall–Kier alpha value is -4.61. The van der Waals surface area contributed by atoms with Crippen molar-refractivity contribution in [1.29, 1.82) is 0 Å². The maximum absolute atomic E-state index is 12.6. The third-order valence-corrected chi connectivity index (χ3v) is 16.6. The summed E-state index contributed by atoms with van der Waals surface area (Å²) < 4.78 is 43.9. The van der Waals surface area contributed by atoms with Crippen molar-refractivity contribution in [3.8, 4) is 0 Å². The third-order valence-electron chi connectivity index (χ3n) is 14.5. The first kappa shape index (κ1) is 54.7. The molecule has 0 saturated heterocycles. The second-order valence-corrected chi connectivity index (χ2v) is 21.5. The Morgan fingerprint density at radius 2 is 1.09 bits per heavy atom. The molecule has 3 saturated carbocycles. The highest BCUT2D eigenvalue weighted by Crippen LogP contribution is 2.44. The largest absolute Gasteiger partial charge is 0.416 e. The molecule has 0 radical (unpaired) electrons. The second-order valence-electron chi connectivity index (χ2n) is 19.6. The maximum atomic E-state index is 12.6. The molecule has 2 aromatic carbocycles. The number of nitrogens with one attached hydrogen (secondary N) is 4. The van der Waals surface area contributed by atoms with Crippen LogP contribution in [0.3, 0.4) is 0 Å². The Morgan fingerprint density at radius 1 is 0.600 bits per heavy atom. The van der Waals surface area contributed by atoms with Crippen molar-refractivity contribution in [2.45, 2.75) is 164 Å². The first-order valence-corrected chi connectivity index (χ1v) is 26.7. The van der Waals surface area contributed by atoms with Crippen LogP contribution in [0.1, 0.15) is 136 Å². The number of rotatable bonds is 20. The fraction of sp³-hybridized carbons (Fsp3) is 0.556. The van der Waals surface area contributed by atoms with E-state index < -0.39 is 11.7 Å². The van der Waals surface area contributed by atoms with Crippen LogP contribution in [0.4, 0.5) is 13.2 Å². The van der Waals surface area contributed by atoms with Gasteiger partial charge >= 0.3 is 6.18 Å². The van der Waals surface area contributed by atoms with E-state index in [0.29, 0.717) is 37.9 Å². The van der Waals surface area contributed by atoms with Crippen LogP contribution in [-0.2, 0) is 54.3 Å². The number of hydrogen-bond donors (Lipinski definition) is 4. The molecule has 70 heavy (non-hydrogen) atoms. The van der Waals surface area contributed by atoms with Crippen molar-refractivity contribution < 1.29 is 37.1 Å². The van der Waals surface area contributed by atoms with E-state index in [2.05, 4.69) is 106 Å². The topological polar surface area (TPSA) is 132 Å². The minimum absolute atomic E-state index is 0.0207. The van der Waals surface area contributed by atoms with Crippen LogP contribution in [0.5, 0.6) is 0 Å². The average molecular weight is 1010 g/mol. The zero-order valence-electron chi connectivity index (χ0n) is 41.3. The van der Waals surface area contributed by atoms with Crippen LogP contribution in [0.25, 0.3) is 0 Å². The number of nitrogens with zero attached hydrogens (tertiary/aromatic N) is 2. The molecule has 0 spiro atoms. The molecular formula is C54H73F3N6O5S2. The first-order chi connectivity index (χ1) is 33.6. The van der Waals surface area contributed by atoms with Gasteiger partial charge in [-0.3, -0.25) is 29.0 Å². The van der Waals surface area contributed by atoms with Gasteiger partial charge in [0.15, 0.2) is 0 Å².